The number of nitro groups is 1. The molecular formula is C11H10F2N4O3. The van der Waals surface area contributed by atoms with E-state index in [1.807, 2.05) is 0 Å². The summed E-state index contributed by atoms with van der Waals surface area (Å²) in [6, 6.07) is 1.48. The molecule has 0 unspecified atom stereocenters. The van der Waals surface area contributed by atoms with Gasteiger partial charge in [-0.1, -0.05) is 5.16 Å². The second-order valence-electron chi connectivity index (χ2n) is 4.66. The monoisotopic (exact) mass is 284 g/mol. The highest BCUT2D eigenvalue weighted by molar-refractivity contribution is 5.60. The van der Waals surface area contributed by atoms with E-state index < -0.39 is 39.2 Å². The summed E-state index contributed by atoms with van der Waals surface area (Å²) in [4.78, 5) is 13.4. The van der Waals surface area contributed by atoms with Crippen molar-refractivity contribution in [3.05, 3.63) is 39.7 Å². The minimum absolute atomic E-state index is 0.0257. The molecule has 0 radical (unpaired) electrons. The van der Waals surface area contributed by atoms with Crippen molar-refractivity contribution < 1.29 is 18.2 Å². The van der Waals surface area contributed by atoms with Gasteiger partial charge in [0.05, 0.1) is 10.5 Å². The topological polar surface area (TPSA) is 108 Å². The Labute approximate surface area is 111 Å². The highest BCUT2D eigenvalue weighted by atomic mass is 19.1. The van der Waals surface area contributed by atoms with Crippen molar-refractivity contribution in [1.29, 1.82) is 0 Å². The molecule has 0 saturated carbocycles. The van der Waals surface area contributed by atoms with E-state index in [1.54, 1.807) is 13.8 Å². The Morgan fingerprint density at radius 2 is 2.05 bits per heavy atom. The third kappa shape index (κ3) is 2.35. The SMILES string of the molecule is CC(C)(N)c1noc(-c2c(F)ccc([N+](=O)[O-])c2F)n1. The van der Waals surface area contributed by atoms with Gasteiger partial charge >= 0.3 is 5.69 Å². The number of hydrogen-bond donors (Lipinski definition) is 1. The molecule has 0 amide bonds. The third-order valence-electron chi connectivity index (χ3n) is 2.48. The average molecular weight is 284 g/mol. The van der Waals surface area contributed by atoms with Crippen LogP contribution in [0.25, 0.3) is 11.5 Å². The van der Waals surface area contributed by atoms with E-state index in [0.717, 1.165) is 12.1 Å². The summed E-state index contributed by atoms with van der Waals surface area (Å²) >= 11 is 0. The minimum atomic E-state index is -1.37. The zero-order valence-electron chi connectivity index (χ0n) is 10.6. The van der Waals surface area contributed by atoms with Crippen LogP contribution in [-0.4, -0.2) is 15.1 Å². The first kappa shape index (κ1) is 14.0. The lowest BCUT2D eigenvalue weighted by molar-refractivity contribution is -0.387. The van der Waals surface area contributed by atoms with E-state index in [2.05, 4.69) is 10.1 Å². The summed E-state index contributed by atoms with van der Waals surface area (Å²) in [7, 11) is 0. The zero-order valence-corrected chi connectivity index (χ0v) is 10.6. The van der Waals surface area contributed by atoms with E-state index in [9.17, 15) is 18.9 Å². The number of nitrogens with zero attached hydrogens (tertiary/aromatic N) is 3. The first-order chi connectivity index (χ1) is 9.21. The van der Waals surface area contributed by atoms with Crippen LogP contribution in [0.5, 0.6) is 0 Å². The molecule has 1 heterocycles. The highest BCUT2D eigenvalue weighted by Crippen LogP contribution is 2.31. The Hall–Kier alpha value is -2.42. The van der Waals surface area contributed by atoms with Crippen molar-refractivity contribution in [3.63, 3.8) is 0 Å². The molecule has 2 aromatic rings. The molecule has 9 heteroatoms. The molecule has 0 bridgehead atoms. The maximum Gasteiger partial charge on any atom is 0.305 e. The first-order valence-corrected chi connectivity index (χ1v) is 5.47. The largest absolute Gasteiger partial charge is 0.334 e. The number of nitro benzene ring substituents is 1. The fraction of sp³-hybridized carbons (Fsp3) is 0.273. The van der Waals surface area contributed by atoms with Gasteiger partial charge in [-0.05, 0) is 19.9 Å². The van der Waals surface area contributed by atoms with Gasteiger partial charge in [0, 0.05) is 6.07 Å². The molecule has 0 aliphatic rings. The van der Waals surface area contributed by atoms with Crippen LogP contribution in [0, 0.1) is 21.7 Å². The van der Waals surface area contributed by atoms with Crippen LogP contribution in [0.15, 0.2) is 16.7 Å². The summed E-state index contributed by atoms with van der Waals surface area (Å²) in [5.74, 6) is -2.90. The van der Waals surface area contributed by atoms with Gasteiger partial charge in [0.2, 0.25) is 5.82 Å². The highest BCUT2D eigenvalue weighted by Gasteiger charge is 2.28. The van der Waals surface area contributed by atoms with Crippen LogP contribution >= 0.6 is 0 Å². The van der Waals surface area contributed by atoms with E-state index in [1.165, 1.54) is 0 Å². The lowest BCUT2D eigenvalue weighted by atomic mass is 10.1. The quantitative estimate of drug-likeness (QED) is 0.683. The molecule has 2 N–H and O–H groups in total. The Balaban J connectivity index is 2.61. The predicted molar refractivity (Wildman–Crippen MR) is 63.5 cm³/mol. The van der Waals surface area contributed by atoms with Gasteiger partial charge in [0.15, 0.2) is 5.82 Å². The average Bonchev–Trinajstić information content (AvgIpc) is 2.77. The lowest BCUT2D eigenvalue weighted by Crippen LogP contribution is -2.30. The van der Waals surface area contributed by atoms with Crippen LogP contribution in [0.1, 0.15) is 19.7 Å². The van der Waals surface area contributed by atoms with Gasteiger partial charge in [-0.25, -0.2) is 4.39 Å². The van der Waals surface area contributed by atoms with Crippen molar-refractivity contribution in [2.45, 2.75) is 19.4 Å². The molecule has 0 saturated heterocycles. The van der Waals surface area contributed by atoms with Gasteiger partial charge < -0.3 is 10.3 Å². The van der Waals surface area contributed by atoms with Crippen molar-refractivity contribution in [2.75, 3.05) is 0 Å². The number of nitrogens with two attached hydrogens (primary N) is 1. The summed E-state index contributed by atoms with van der Waals surface area (Å²) in [6.45, 7) is 3.14. The Morgan fingerprint density at radius 3 is 2.55 bits per heavy atom. The number of halogens is 2. The van der Waals surface area contributed by atoms with E-state index in [-0.39, 0.29) is 5.82 Å². The lowest BCUT2D eigenvalue weighted by Gasteiger charge is -2.11. The van der Waals surface area contributed by atoms with E-state index in [4.69, 9.17) is 10.3 Å². The molecule has 0 spiro atoms. The maximum atomic E-state index is 13.9. The minimum Gasteiger partial charge on any atom is -0.334 e. The van der Waals surface area contributed by atoms with Crippen molar-refractivity contribution in [2.24, 2.45) is 5.73 Å². The van der Waals surface area contributed by atoms with Crippen LogP contribution in [0.3, 0.4) is 0 Å². The van der Waals surface area contributed by atoms with Gasteiger partial charge in [-0.3, -0.25) is 10.1 Å². The van der Waals surface area contributed by atoms with Gasteiger partial charge in [-0.15, -0.1) is 0 Å². The Bertz CT molecular complexity index is 679. The number of aromatic nitrogens is 2. The van der Waals surface area contributed by atoms with Gasteiger partial charge in [0.1, 0.15) is 11.4 Å². The van der Waals surface area contributed by atoms with Crippen LogP contribution in [0.2, 0.25) is 0 Å². The Kier molecular flexibility index (Phi) is 3.22. The fourth-order valence-electron chi connectivity index (χ4n) is 1.47. The standard InChI is InChI=1S/C11H10F2N4O3/c1-11(2,14)10-15-9(20-16-10)7-5(12)3-4-6(8(7)13)17(18)19/h3-4H,14H2,1-2H3. The Morgan fingerprint density at radius 1 is 1.40 bits per heavy atom. The van der Waals surface area contributed by atoms with Crippen molar-refractivity contribution >= 4 is 5.69 Å². The molecule has 0 aliphatic heterocycles. The van der Waals surface area contributed by atoms with Gasteiger partial charge in [-0.2, -0.15) is 9.37 Å². The van der Waals surface area contributed by atoms with E-state index in [0.29, 0.717) is 0 Å². The molecule has 0 fully saturated rings. The predicted octanol–water partition coefficient (Wildman–Crippen LogP) is 2.12. The second-order valence-corrected chi connectivity index (χ2v) is 4.66. The van der Waals surface area contributed by atoms with Crippen LogP contribution < -0.4 is 5.73 Å². The summed E-state index contributed by atoms with van der Waals surface area (Å²) in [5.41, 5.74) is 3.12. The van der Waals surface area contributed by atoms with E-state index >= 15 is 0 Å². The van der Waals surface area contributed by atoms with Crippen LogP contribution in [0.4, 0.5) is 14.5 Å². The molecule has 0 aliphatic carbocycles. The molecule has 1 aromatic carbocycles. The zero-order chi connectivity index (χ0) is 15.1. The fourth-order valence-corrected chi connectivity index (χ4v) is 1.47. The maximum absolute atomic E-state index is 13.9. The summed E-state index contributed by atoms with van der Waals surface area (Å²) < 4.78 is 32.3. The number of hydrogen-bond acceptors (Lipinski definition) is 6. The second kappa shape index (κ2) is 4.60. The molecule has 1 aromatic heterocycles. The van der Waals surface area contributed by atoms with Crippen LogP contribution in [-0.2, 0) is 5.54 Å². The summed E-state index contributed by atoms with van der Waals surface area (Å²) in [5, 5.41) is 14.1. The smallest absolute Gasteiger partial charge is 0.305 e. The summed E-state index contributed by atoms with van der Waals surface area (Å²) in [6.07, 6.45) is 0. The number of benzene rings is 1. The number of rotatable bonds is 3. The molecular weight excluding hydrogens is 274 g/mol. The first-order valence-electron chi connectivity index (χ1n) is 5.47. The normalized spacial score (nSPS) is 11.7. The van der Waals surface area contributed by atoms with Crippen molar-refractivity contribution in [1.82, 2.24) is 10.1 Å². The molecule has 0 atom stereocenters. The molecule has 7 nitrogen and oxygen atoms in total. The third-order valence-corrected chi connectivity index (χ3v) is 2.48. The molecule has 106 valence electrons. The van der Waals surface area contributed by atoms with Crippen molar-refractivity contribution in [3.8, 4) is 11.5 Å². The molecule has 2 rings (SSSR count). The molecule has 20 heavy (non-hydrogen) atoms. The van der Waals surface area contributed by atoms with Gasteiger partial charge in [0.25, 0.3) is 5.89 Å².